The third kappa shape index (κ3) is 3.41. The van der Waals surface area contributed by atoms with Crippen molar-refractivity contribution in [1.29, 1.82) is 0 Å². The van der Waals surface area contributed by atoms with Gasteiger partial charge in [0.2, 0.25) is 0 Å². The van der Waals surface area contributed by atoms with Crippen molar-refractivity contribution in [3.05, 3.63) is 35.6 Å². The average molecular weight is 275 g/mol. The van der Waals surface area contributed by atoms with Gasteiger partial charge in [0.05, 0.1) is 6.61 Å². The first kappa shape index (κ1) is 15.1. The van der Waals surface area contributed by atoms with Gasteiger partial charge in [-0.2, -0.15) is 0 Å². The summed E-state index contributed by atoms with van der Waals surface area (Å²) in [7, 11) is 0. The molecule has 2 aromatic rings. The maximum Gasteiger partial charge on any atom is 0.134 e. The van der Waals surface area contributed by atoms with E-state index in [0.717, 1.165) is 30.7 Å². The third-order valence-corrected chi connectivity index (χ3v) is 3.65. The lowest BCUT2D eigenvalue weighted by Crippen LogP contribution is -2.33. The number of aliphatic hydroxyl groups excluding tert-OH is 1. The van der Waals surface area contributed by atoms with Crippen molar-refractivity contribution in [2.45, 2.75) is 46.2 Å². The highest BCUT2D eigenvalue weighted by molar-refractivity contribution is 5.82. The van der Waals surface area contributed by atoms with Crippen LogP contribution < -0.4 is 5.32 Å². The van der Waals surface area contributed by atoms with Crippen LogP contribution in [0.4, 0.5) is 0 Å². The molecule has 3 heteroatoms. The van der Waals surface area contributed by atoms with E-state index in [2.05, 4.69) is 32.2 Å². The predicted molar refractivity (Wildman–Crippen MR) is 82.8 cm³/mol. The van der Waals surface area contributed by atoms with Gasteiger partial charge in [-0.05, 0) is 18.4 Å². The Hall–Kier alpha value is -1.32. The lowest BCUT2D eigenvalue weighted by molar-refractivity contribution is 0.223. The monoisotopic (exact) mass is 275 g/mol. The molecule has 1 atom stereocenters. The molecule has 0 saturated heterocycles. The van der Waals surface area contributed by atoms with Gasteiger partial charge in [-0.25, -0.2) is 0 Å². The van der Waals surface area contributed by atoms with Crippen LogP contribution in [0.25, 0.3) is 11.0 Å². The molecule has 1 unspecified atom stereocenters. The number of para-hydroxylation sites is 1. The van der Waals surface area contributed by atoms with E-state index in [1.54, 1.807) is 0 Å². The number of fused-ring (bicyclic) bond motifs is 1. The average Bonchev–Trinajstić information content (AvgIpc) is 2.81. The normalized spacial score (nSPS) is 13.2. The molecule has 110 valence electrons. The Bertz CT molecular complexity index is 545. The van der Waals surface area contributed by atoms with Crippen molar-refractivity contribution >= 4 is 11.0 Å². The van der Waals surface area contributed by atoms with Crippen molar-refractivity contribution in [2.75, 3.05) is 6.61 Å². The second-order valence-corrected chi connectivity index (χ2v) is 5.74. The molecule has 2 N–H and O–H groups in total. The van der Waals surface area contributed by atoms with E-state index >= 15 is 0 Å². The quantitative estimate of drug-likeness (QED) is 0.813. The molecule has 0 aliphatic rings. The second-order valence-electron chi connectivity index (χ2n) is 5.74. The highest BCUT2D eigenvalue weighted by Crippen LogP contribution is 2.26. The van der Waals surface area contributed by atoms with Gasteiger partial charge in [0.1, 0.15) is 11.3 Å². The summed E-state index contributed by atoms with van der Waals surface area (Å²) in [5.74, 6) is 1.62. The van der Waals surface area contributed by atoms with Crippen molar-refractivity contribution < 1.29 is 9.52 Å². The standard InChI is InChI=1S/C17H25NO2/c1-4-16-15(10-18-13(11-19)9-12(2)3)14-7-5-6-8-17(14)20-16/h5-8,12-13,18-19H,4,9-11H2,1-3H3. The first-order chi connectivity index (χ1) is 9.65. The van der Waals surface area contributed by atoms with Crippen LogP contribution in [0.3, 0.4) is 0 Å². The fourth-order valence-electron chi connectivity index (χ4n) is 2.67. The van der Waals surface area contributed by atoms with Crippen LogP contribution in [-0.2, 0) is 13.0 Å². The molecule has 0 bridgehead atoms. The minimum Gasteiger partial charge on any atom is -0.461 e. The van der Waals surface area contributed by atoms with Crippen LogP contribution in [0.1, 0.15) is 38.5 Å². The topological polar surface area (TPSA) is 45.4 Å². The van der Waals surface area contributed by atoms with E-state index in [-0.39, 0.29) is 12.6 Å². The number of aryl methyl sites for hydroxylation is 1. The molecule has 2 rings (SSSR count). The Labute approximate surface area is 121 Å². The lowest BCUT2D eigenvalue weighted by atomic mass is 10.0. The lowest BCUT2D eigenvalue weighted by Gasteiger charge is -2.18. The molecule has 1 aromatic heterocycles. The zero-order valence-corrected chi connectivity index (χ0v) is 12.6. The van der Waals surface area contributed by atoms with Crippen LogP contribution in [-0.4, -0.2) is 17.8 Å². The van der Waals surface area contributed by atoms with Gasteiger partial charge in [-0.3, -0.25) is 0 Å². The number of benzene rings is 1. The van der Waals surface area contributed by atoms with Gasteiger partial charge in [-0.1, -0.05) is 39.0 Å². The van der Waals surface area contributed by atoms with Crippen molar-refractivity contribution in [2.24, 2.45) is 5.92 Å². The molecule has 0 fully saturated rings. The maximum atomic E-state index is 9.46. The fraction of sp³-hybridized carbons (Fsp3) is 0.529. The third-order valence-electron chi connectivity index (χ3n) is 3.65. The minimum atomic E-state index is 0.147. The summed E-state index contributed by atoms with van der Waals surface area (Å²) in [6.07, 6.45) is 1.87. The second kappa shape index (κ2) is 6.91. The first-order valence-corrected chi connectivity index (χ1v) is 7.49. The molecule has 1 heterocycles. The minimum absolute atomic E-state index is 0.147. The van der Waals surface area contributed by atoms with Gasteiger partial charge >= 0.3 is 0 Å². The molecular weight excluding hydrogens is 250 g/mol. The van der Waals surface area contributed by atoms with Crippen LogP contribution >= 0.6 is 0 Å². The van der Waals surface area contributed by atoms with Crippen molar-refractivity contribution in [1.82, 2.24) is 5.32 Å². The molecule has 0 aliphatic heterocycles. The Balaban J connectivity index is 2.15. The van der Waals surface area contributed by atoms with Crippen LogP contribution in [0.5, 0.6) is 0 Å². The number of furan rings is 1. The summed E-state index contributed by atoms with van der Waals surface area (Å²) >= 11 is 0. The largest absolute Gasteiger partial charge is 0.461 e. The number of aliphatic hydroxyl groups is 1. The molecule has 0 radical (unpaired) electrons. The molecule has 20 heavy (non-hydrogen) atoms. The van der Waals surface area contributed by atoms with Crippen LogP contribution in [0.2, 0.25) is 0 Å². The summed E-state index contributed by atoms with van der Waals surface area (Å²) in [6.45, 7) is 7.39. The van der Waals surface area contributed by atoms with Gasteiger partial charge in [0, 0.05) is 30.0 Å². The zero-order chi connectivity index (χ0) is 14.5. The molecule has 0 aliphatic carbocycles. The Kier molecular flexibility index (Phi) is 5.21. The first-order valence-electron chi connectivity index (χ1n) is 7.49. The summed E-state index contributed by atoms with van der Waals surface area (Å²) in [5.41, 5.74) is 2.18. The number of nitrogens with one attached hydrogen (secondary N) is 1. The molecule has 0 spiro atoms. The van der Waals surface area contributed by atoms with E-state index in [0.29, 0.717) is 5.92 Å². The molecular formula is C17H25NO2. The summed E-state index contributed by atoms with van der Waals surface area (Å²) < 4.78 is 5.89. The molecule has 1 aromatic carbocycles. The maximum absolute atomic E-state index is 9.46. The highest BCUT2D eigenvalue weighted by Gasteiger charge is 2.15. The van der Waals surface area contributed by atoms with E-state index in [1.807, 2.05) is 18.2 Å². The summed E-state index contributed by atoms with van der Waals surface area (Å²) in [5, 5.41) is 14.1. The molecule has 0 amide bonds. The SMILES string of the molecule is CCc1oc2ccccc2c1CNC(CO)CC(C)C. The Morgan fingerprint density at radius 2 is 2.00 bits per heavy atom. The number of rotatable bonds is 7. The Morgan fingerprint density at radius 1 is 1.25 bits per heavy atom. The van der Waals surface area contributed by atoms with E-state index in [9.17, 15) is 5.11 Å². The van der Waals surface area contributed by atoms with Crippen molar-refractivity contribution in [3.8, 4) is 0 Å². The highest BCUT2D eigenvalue weighted by atomic mass is 16.3. The van der Waals surface area contributed by atoms with Crippen molar-refractivity contribution in [3.63, 3.8) is 0 Å². The van der Waals surface area contributed by atoms with E-state index in [1.165, 1.54) is 10.9 Å². The molecule has 3 nitrogen and oxygen atoms in total. The van der Waals surface area contributed by atoms with Gasteiger partial charge < -0.3 is 14.8 Å². The van der Waals surface area contributed by atoms with Gasteiger partial charge in [-0.15, -0.1) is 0 Å². The fourth-order valence-corrected chi connectivity index (χ4v) is 2.67. The summed E-state index contributed by atoms with van der Waals surface area (Å²) in [6, 6.07) is 8.30. The summed E-state index contributed by atoms with van der Waals surface area (Å²) in [4.78, 5) is 0. The van der Waals surface area contributed by atoms with E-state index in [4.69, 9.17) is 4.42 Å². The number of hydrogen-bond acceptors (Lipinski definition) is 3. The van der Waals surface area contributed by atoms with Crippen LogP contribution in [0.15, 0.2) is 28.7 Å². The van der Waals surface area contributed by atoms with E-state index < -0.39 is 0 Å². The van der Waals surface area contributed by atoms with Gasteiger partial charge in [0.15, 0.2) is 0 Å². The Morgan fingerprint density at radius 3 is 2.65 bits per heavy atom. The van der Waals surface area contributed by atoms with Crippen LogP contribution in [0, 0.1) is 5.92 Å². The number of hydrogen-bond donors (Lipinski definition) is 2. The predicted octanol–water partition coefficient (Wildman–Crippen LogP) is 3.49. The molecule has 0 saturated carbocycles. The zero-order valence-electron chi connectivity index (χ0n) is 12.6. The smallest absolute Gasteiger partial charge is 0.134 e. The van der Waals surface area contributed by atoms with Gasteiger partial charge in [0.25, 0.3) is 0 Å².